The van der Waals surface area contributed by atoms with Crippen LogP contribution in [0.25, 0.3) is 0 Å². The van der Waals surface area contributed by atoms with Crippen LogP contribution in [0.2, 0.25) is 0 Å². The number of nitrogen functional groups attached to an aromatic ring is 1. The van der Waals surface area contributed by atoms with E-state index in [1.165, 1.54) is 0 Å². The van der Waals surface area contributed by atoms with Gasteiger partial charge < -0.3 is 40.2 Å². The van der Waals surface area contributed by atoms with E-state index in [0.29, 0.717) is 18.8 Å². The van der Waals surface area contributed by atoms with Crippen molar-refractivity contribution < 1.29 is 37.7 Å². The number of amidine groups is 1. The zero-order valence-corrected chi connectivity index (χ0v) is 19.9. The Morgan fingerprint density at radius 2 is 2.05 bits per heavy atom. The number of hydrogen-bond donors (Lipinski definition) is 4. The molecule has 0 saturated carbocycles. The first-order valence-electron chi connectivity index (χ1n) is 11.2. The van der Waals surface area contributed by atoms with Crippen LogP contribution >= 0.6 is 0 Å². The number of aliphatic hydroxyl groups excluding tert-OH is 1. The van der Waals surface area contributed by atoms with Gasteiger partial charge in [0.25, 0.3) is 11.8 Å². The number of aliphatic hydroxyl groups is 1. The summed E-state index contributed by atoms with van der Waals surface area (Å²) >= 11 is 0. The van der Waals surface area contributed by atoms with Gasteiger partial charge in [0.1, 0.15) is 30.2 Å². The SMILES string of the molecule is CN(CCOC(C=O)C(O)C(=O)Nc1cc(F)c(C(=N)N)c(F)c1)c1cccc(N2CCOCC2=O)c1. The van der Waals surface area contributed by atoms with Gasteiger partial charge in [-0.3, -0.25) is 15.0 Å². The molecule has 1 aliphatic heterocycles. The van der Waals surface area contributed by atoms with Crippen molar-refractivity contribution in [1.29, 1.82) is 5.41 Å². The number of rotatable bonds is 11. The lowest BCUT2D eigenvalue weighted by atomic mass is 10.1. The number of aldehydes is 1. The summed E-state index contributed by atoms with van der Waals surface area (Å²) in [5, 5.41) is 19.5. The lowest BCUT2D eigenvalue weighted by Gasteiger charge is -2.28. The number of anilines is 3. The number of likely N-dealkylation sites (N-methyl/N-ethyl adjacent to an activating group) is 1. The van der Waals surface area contributed by atoms with Crippen molar-refractivity contribution >= 4 is 41.0 Å². The highest BCUT2D eigenvalue weighted by atomic mass is 19.1. The van der Waals surface area contributed by atoms with E-state index in [4.69, 9.17) is 20.6 Å². The highest BCUT2D eigenvalue weighted by Crippen LogP contribution is 2.23. The molecule has 0 aliphatic carbocycles. The highest BCUT2D eigenvalue weighted by molar-refractivity contribution is 5.98. The lowest BCUT2D eigenvalue weighted by molar-refractivity contribution is -0.139. The van der Waals surface area contributed by atoms with Gasteiger partial charge in [-0.05, 0) is 30.3 Å². The molecule has 1 saturated heterocycles. The minimum atomic E-state index is -1.96. The van der Waals surface area contributed by atoms with Crippen LogP contribution in [0.4, 0.5) is 25.8 Å². The van der Waals surface area contributed by atoms with E-state index in [1.807, 2.05) is 12.1 Å². The van der Waals surface area contributed by atoms with Gasteiger partial charge in [-0.2, -0.15) is 0 Å². The third kappa shape index (κ3) is 6.84. The molecule has 37 heavy (non-hydrogen) atoms. The molecule has 3 rings (SSSR count). The Hall–Kier alpha value is -3.94. The van der Waals surface area contributed by atoms with Crippen LogP contribution in [0, 0.1) is 17.0 Å². The van der Waals surface area contributed by atoms with Crippen molar-refractivity contribution in [2.45, 2.75) is 12.2 Å². The van der Waals surface area contributed by atoms with E-state index in [0.717, 1.165) is 17.8 Å². The van der Waals surface area contributed by atoms with Crippen LogP contribution in [0.1, 0.15) is 5.56 Å². The van der Waals surface area contributed by atoms with Gasteiger partial charge >= 0.3 is 0 Å². The average molecular weight is 520 g/mol. The van der Waals surface area contributed by atoms with E-state index < -0.39 is 41.1 Å². The van der Waals surface area contributed by atoms with Gasteiger partial charge in [0.2, 0.25) is 0 Å². The predicted octanol–water partition coefficient (Wildman–Crippen LogP) is 0.632. The molecule has 0 radical (unpaired) electrons. The fourth-order valence-corrected chi connectivity index (χ4v) is 3.62. The van der Waals surface area contributed by atoms with E-state index in [2.05, 4.69) is 5.32 Å². The number of halogens is 2. The Morgan fingerprint density at radius 3 is 2.68 bits per heavy atom. The molecule has 1 heterocycles. The maximum absolute atomic E-state index is 14.0. The van der Waals surface area contributed by atoms with Crippen molar-refractivity contribution in [1.82, 2.24) is 0 Å². The summed E-state index contributed by atoms with van der Waals surface area (Å²) in [6.45, 7) is 1.11. The molecule has 0 spiro atoms. The van der Waals surface area contributed by atoms with Crippen LogP contribution < -0.4 is 20.9 Å². The maximum Gasteiger partial charge on any atom is 0.256 e. The first-order valence-corrected chi connectivity index (χ1v) is 11.2. The molecule has 0 bridgehead atoms. The van der Waals surface area contributed by atoms with Crippen LogP contribution in [-0.4, -0.2) is 81.2 Å². The molecular formula is C24H27F2N5O6. The predicted molar refractivity (Wildman–Crippen MR) is 131 cm³/mol. The number of hydrogen-bond acceptors (Lipinski definition) is 8. The monoisotopic (exact) mass is 519 g/mol. The zero-order chi connectivity index (χ0) is 27.1. The van der Waals surface area contributed by atoms with Gasteiger partial charge in [0.05, 0.1) is 18.8 Å². The minimum absolute atomic E-state index is 0.0184. The third-order valence-electron chi connectivity index (χ3n) is 5.60. The fraction of sp³-hybridized carbons (Fsp3) is 0.333. The van der Waals surface area contributed by atoms with Crippen LogP contribution in [-0.2, 0) is 23.9 Å². The summed E-state index contributed by atoms with van der Waals surface area (Å²) < 4.78 is 38.5. The standard InChI is InChI=1S/C24H27F2N5O6/c1-30(15-3-2-4-16(11-15)31-6-7-36-13-20(31)33)5-8-37-19(12-32)22(34)24(35)29-14-9-17(25)21(23(27)28)18(26)10-14/h2-4,9-12,19,22,34H,5-8,13H2,1H3,(H3,27,28)(H,29,35). The molecule has 0 aromatic heterocycles. The number of nitrogens with zero attached hydrogens (tertiary/aromatic N) is 2. The Balaban J connectivity index is 1.56. The second-order valence-corrected chi connectivity index (χ2v) is 8.17. The summed E-state index contributed by atoms with van der Waals surface area (Å²) in [6, 6.07) is 8.70. The highest BCUT2D eigenvalue weighted by Gasteiger charge is 2.28. The fourth-order valence-electron chi connectivity index (χ4n) is 3.62. The number of benzene rings is 2. The molecule has 2 aromatic rings. The van der Waals surface area contributed by atoms with Gasteiger partial charge in [-0.15, -0.1) is 0 Å². The molecule has 1 fully saturated rings. The van der Waals surface area contributed by atoms with Crippen LogP contribution in [0.3, 0.4) is 0 Å². The first-order chi connectivity index (χ1) is 17.6. The number of ether oxygens (including phenoxy) is 2. The number of nitrogens with one attached hydrogen (secondary N) is 2. The van der Waals surface area contributed by atoms with Gasteiger partial charge in [0, 0.05) is 37.2 Å². The van der Waals surface area contributed by atoms with Crippen molar-refractivity contribution in [3.63, 3.8) is 0 Å². The zero-order valence-electron chi connectivity index (χ0n) is 19.9. The quantitative estimate of drug-likeness (QED) is 0.191. The summed E-state index contributed by atoms with van der Waals surface area (Å²) in [5.74, 6) is -4.44. The summed E-state index contributed by atoms with van der Waals surface area (Å²) in [6.07, 6.45) is -3.26. The molecule has 198 valence electrons. The van der Waals surface area contributed by atoms with Crippen LogP contribution in [0.15, 0.2) is 36.4 Å². The summed E-state index contributed by atoms with van der Waals surface area (Å²) in [7, 11) is 1.76. The average Bonchev–Trinajstić information content (AvgIpc) is 2.85. The molecule has 11 nitrogen and oxygen atoms in total. The number of amides is 2. The maximum atomic E-state index is 14.0. The van der Waals surface area contributed by atoms with Gasteiger partial charge in [-0.1, -0.05) is 6.07 Å². The number of carbonyl (C=O) groups is 3. The Bertz CT molecular complexity index is 1160. The number of carbonyl (C=O) groups excluding carboxylic acids is 3. The normalized spacial score (nSPS) is 15.1. The lowest BCUT2D eigenvalue weighted by Crippen LogP contribution is -2.42. The summed E-state index contributed by atoms with van der Waals surface area (Å²) in [4.78, 5) is 39.3. The molecule has 1 aliphatic rings. The molecule has 13 heteroatoms. The van der Waals surface area contributed by atoms with Crippen molar-refractivity contribution in [2.24, 2.45) is 5.73 Å². The largest absolute Gasteiger partial charge is 0.384 e. The summed E-state index contributed by atoms with van der Waals surface area (Å²) in [5.41, 5.74) is 5.50. The Morgan fingerprint density at radius 1 is 1.35 bits per heavy atom. The third-order valence-corrected chi connectivity index (χ3v) is 5.60. The molecule has 5 N–H and O–H groups in total. The van der Waals surface area contributed by atoms with Crippen molar-refractivity contribution in [3.05, 3.63) is 53.6 Å². The smallest absolute Gasteiger partial charge is 0.256 e. The van der Waals surface area contributed by atoms with E-state index in [1.54, 1.807) is 29.0 Å². The minimum Gasteiger partial charge on any atom is -0.384 e. The van der Waals surface area contributed by atoms with Crippen molar-refractivity contribution in [2.75, 3.05) is 55.1 Å². The number of nitrogens with two attached hydrogens (primary N) is 1. The molecule has 2 unspecified atom stereocenters. The number of morpholine rings is 1. The molecule has 2 aromatic carbocycles. The Kier molecular flexibility index (Phi) is 9.22. The topological polar surface area (TPSA) is 158 Å². The van der Waals surface area contributed by atoms with Gasteiger partial charge in [0.15, 0.2) is 12.4 Å². The molecule has 2 atom stereocenters. The Labute approximate surface area is 211 Å². The van der Waals surface area contributed by atoms with Crippen molar-refractivity contribution in [3.8, 4) is 0 Å². The van der Waals surface area contributed by atoms with E-state index >= 15 is 0 Å². The second-order valence-electron chi connectivity index (χ2n) is 8.17. The molecular weight excluding hydrogens is 492 g/mol. The van der Waals surface area contributed by atoms with Crippen LogP contribution in [0.5, 0.6) is 0 Å². The van der Waals surface area contributed by atoms with E-state index in [-0.39, 0.29) is 37.6 Å². The van der Waals surface area contributed by atoms with Gasteiger partial charge in [-0.25, -0.2) is 8.78 Å². The first kappa shape index (κ1) is 27.6. The van der Waals surface area contributed by atoms with E-state index in [9.17, 15) is 28.3 Å². The molecule has 2 amide bonds. The second kappa shape index (κ2) is 12.3.